The Hall–Kier alpha value is -2.44. The van der Waals surface area contributed by atoms with Crippen LogP contribution >= 0.6 is 0 Å². The van der Waals surface area contributed by atoms with Crippen LogP contribution in [-0.2, 0) is 13.6 Å². The van der Waals surface area contributed by atoms with Crippen LogP contribution in [0.2, 0.25) is 0 Å². The molecule has 2 aromatic rings. The summed E-state index contributed by atoms with van der Waals surface area (Å²) in [5.41, 5.74) is 0.988. The Morgan fingerprint density at radius 2 is 2.18 bits per heavy atom. The Bertz CT molecular complexity index is 657. The van der Waals surface area contributed by atoms with Crippen LogP contribution in [0.15, 0.2) is 30.6 Å². The zero-order chi connectivity index (χ0) is 16.1. The summed E-state index contributed by atoms with van der Waals surface area (Å²) in [7, 11) is 1.78. The van der Waals surface area contributed by atoms with Crippen molar-refractivity contribution in [3.05, 3.63) is 53.4 Å². The lowest BCUT2D eigenvalue weighted by atomic mass is 10.0. The second-order valence-corrected chi connectivity index (χ2v) is 4.98. The number of carbonyl (C=O) groups excluding carboxylic acids is 1. The number of amides is 2. The molecule has 0 radical (unpaired) electrons. The van der Waals surface area contributed by atoms with Crippen LogP contribution in [0.1, 0.15) is 30.5 Å². The molecule has 1 unspecified atom stereocenters. The largest absolute Gasteiger partial charge is 0.334 e. The van der Waals surface area contributed by atoms with Crippen LogP contribution < -0.4 is 10.6 Å². The molecular formula is C15H18F2N4O. The van der Waals surface area contributed by atoms with Crippen LogP contribution in [0.25, 0.3) is 0 Å². The van der Waals surface area contributed by atoms with Crippen molar-refractivity contribution in [1.82, 2.24) is 20.4 Å². The summed E-state index contributed by atoms with van der Waals surface area (Å²) in [6.45, 7) is 2.10. The highest BCUT2D eigenvalue weighted by Crippen LogP contribution is 2.21. The molecule has 1 aromatic heterocycles. The number of nitrogens with zero attached hydrogens (tertiary/aromatic N) is 2. The third kappa shape index (κ3) is 4.03. The Balaban J connectivity index is 1.97. The van der Waals surface area contributed by atoms with E-state index >= 15 is 0 Å². The van der Waals surface area contributed by atoms with Crippen molar-refractivity contribution in [1.29, 1.82) is 0 Å². The highest BCUT2D eigenvalue weighted by atomic mass is 19.1. The highest BCUT2D eigenvalue weighted by Gasteiger charge is 2.17. The van der Waals surface area contributed by atoms with Gasteiger partial charge in [-0.25, -0.2) is 13.6 Å². The van der Waals surface area contributed by atoms with Gasteiger partial charge in [-0.15, -0.1) is 0 Å². The van der Waals surface area contributed by atoms with Gasteiger partial charge in [0.2, 0.25) is 0 Å². The molecule has 118 valence electrons. The van der Waals surface area contributed by atoms with E-state index in [1.807, 2.05) is 0 Å². The lowest BCUT2D eigenvalue weighted by molar-refractivity contribution is 0.236. The molecule has 22 heavy (non-hydrogen) atoms. The normalized spacial score (nSPS) is 12.0. The van der Waals surface area contributed by atoms with Crippen LogP contribution in [0.4, 0.5) is 13.6 Å². The average Bonchev–Trinajstić information content (AvgIpc) is 2.91. The summed E-state index contributed by atoms with van der Waals surface area (Å²) < 4.78 is 28.6. The molecule has 1 heterocycles. The number of aryl methyl sites for hydroxylation is 1. The quantitative estimate of drug-likeness (QED) is 0.892. The summed E-state index contributed by atoms with van der Waals surface area (Å²) in [6.07, 6.45) is 3.87. The number of halogens is 2. The van der Waals surface area contributed by atoms with Gasteiger partial charge in [-0.2, -0.15) is 5.10 Å². The third-order valence-electron chi connectivity index (χ3n) is 3.26. The molecule has 7 heteroatoms. The van der Waals surface area contributed by atoms with Crippen molar-refractivity contribution < 1.29 is 13.6 Å². The van der Waals surface area contributed by atoms with E-state index in [2.05, 4.69) is 15.7 Å². The number of benzene rings is 1. The maximum atomic E-state index is 13.8. The second-order valence-electron chi connectivity index (χ2n) is 4.98. The maximum absolute atomic E-state index is 13.8. The van der Waals surface area contributed by atoms with Gasteiger partial charge in [-0.1, -0.05) is 6.92 Å². The van der Waals surface area contributed by atoms with Crippen molar-refractivity contribution in [3.63, 3.8) is 0 Å². The summed E-state index contributed by atoms with van der Waals surface area (Å²) in [5.74, 6) is -1.08. The van der Waals surface area contributed by atoms with E-state index in [4.69, 9.17) is 0 Å². The van der Waals surface area contributed by atoms with Crippen molar-refractivity contribution >= 4 is 6.03 Å². The zero-order valence-corrected chi connectivity index (χ0v) is 12.4. The summed E-state index contributed by atoms with van der Waals surface area (Å²) in [4.78, 5) is 11.9. The highest BCUT2D eigenvalue weighted by molar-refractivity contribution is 5.74. The number of nitrogens with one attached hydrogen (secondary N) is 2. The number of hydrogen-bond donors (Lipinski definition) is 2. The Kier molecular flexibility index (Phi) is 5.08. The lowest BCUT2D eigenvalue weighted by Crippen LogP contribution is -2.37. The van der Waals surface area contributed by atoms with Gasteiger partial charge < -0.3 is 10.6 Å². The summed E-state index contributed by atoms with van der Waals surface area (Å²) in [5, 5.41) is 9.30. The third-order valence-corrected chi connectivity index (χ3v) is 3.26. The number of urea groups is 1. The molecule has 0 aliphatic carbocycles. The van der Waals surface area contributed by atoms with Crippen LogP contribution in [0, 0.1) is 11.6 Å². The first kappa shape index (κ1) is 15.9. The van der Waals surface area contributed by atoms with Crippen molar-refractivity contribution in [2.45, 2.75) is 25.9 Å². The monoisotopic (exact) mass is 308 g/mol. The molecule has 0 spiro atoms. The van der Waals surface area contributed by atoms with Gasteiger partial charge in [-0.05, 0) is 24.6 Å². The van der Waals surface area contributed by atoms with Gasteiger partial charge in [0, 0.05) is 30.9 Å². The molecule has 0 fully saturated rings. The molecular weight excluding hydrogens is 290 g/mol. The van der Waals surface area contributed by atoms with E-state index in [0.29, 0.717) is 13.0 Å². The van der Waals surface area contributed by atoms with Gasteiger partial charge in [0.1, 0.15) is 11.6 Å². The van der Waals surface area contributed by atoms with E-state index in [-0.39, 0.29) is 5.56 Å². The lowest BCUT2D eigenvalue weighted by Gasteiger charge is -2.18. The molecule has 5 nitrogen and oxygen atoms in total. The van der Waals surface area contributed by atoms with Gasteiger partial charge in [0.15, 0.2) is 0 Å². The van der Waals surface area contributed by atoms with E-state index in [1.165, 1.54) is 0 Å². The van der Waals surface area contributed by atoms with Gasteiger partial charge >= 0.3 is 6.03 Å². The van der Waals surface area contributed by atoms with E-state index < -0.39 is 23.7 Å². The first-order valence-electron chi connectivity index (χ1n) is 6.96. The van der Waals surface area contributed by atoms with Crippen molar-refractivity contribution in [2.24, 2.45) is 7.05 Å². The minimum Gasteiger partial charge on any atom is -0.334 e. The molecule has 1 atom stereocenters. The Labute approximate surface area is 127 Å². The fraction of sp³-hybridized carbons (Fsp3) is 0.333. The molecule has 0 saturated carbocycles. The molecule has 2 rings (SSSR count). The number of aromatic nitrogens is 2. The van der Waals surface area contributed by atoms with Crippen LogP contribution in [0.3, 0.4) is 0 Å². The molecule has 2 N–H and O–H groups in total. The molecule has 0 bridgehead atoms. The van der Waals surface area contributed by atoms with E-state index in [9.17, 15) is 13.6 Å². The van der Waals surface area contributed by atoms with Gasteiger partial charge in [0.25, 0.3) is 0 Å². The first-order valence-corrected chi connectivity index (χ1v) is 6.96. The smallest absolute Gasteiger partial charge is 0.315 e. The van der Waals surface area contributed by atoms with E-state index in [1.54, 1.807) is 31.0 Å². The summed E-state index contributed by atoms with van der Waals surface area (Å²) in [6, 6.07) is 2.17. The number of carbonyl (C=O) groups is 1. The molecule has 0 saturated heterocycles. The zero-order valence-electron chi connectivity index (χ0n) is 12.4. The van der Waals surface area contributed by atoms with Crippen LogP contribution in [0.5, 0.6) is 0 Å². The minimum absolute atomic E-state index is 0.138. The molecule has 0 aliphatic rings. The topological polar surface area (TPSA) is 59.0 Å². The van der Waals surface area contributed by atoms with Crippen LogP contribution in [-0.4, -0.2) is 15.8 Å². The molecule has 2 amide bonds. The summed E-state index contributed by atoms with van der Waals surface area (Å²) >= 11 is 0. The first-order chi connectivity index (χ1) is 10.5. The number of rotatable bonds is 5. The second kappa shape index (κ2) is 7.02. The predicted octanol–water partition coefficient (Wildman–Crippen LogP) is 2.65. The maximum Gasteiger partial charge on any atom is 0.315 e. The standard InChI is InChI=1S/C15H18F2N4O/c1-3-14(12-6-11(16)4-5-13(12)17)20-15(22)18-7-10-8-19-21(2)9-10/h4-6,8-9,14H,3,7H2,1-2H3,(H2,18,20,22). The van der Waals surface area contributed by atoms with Gasteiger partial charge in [-0.3, -0.25) is 4.68 Å². The SMILES string of the molecule is CCC(NC(=O)NCc1cnn(C)c1)c1cc(F)ccc1F. The van der Waals surface area contributed by atoms with Crippen molar-refractivity contribution in [3.8, 4) is 0 Å². The van der Waals surface area contributed by atoms with Gasteiger partial charge in [0.05, 0.1) is 12.2 Å². The average molecular weight is 308 g/mol. The fourth-order valence-electron chi connectivity index (χ4n) is 2.14. The Morgan fingerprint density at radius 1 is 1.41 bits per heavy atom. The van der Waals surface area contributed by atoms with E-state index in [0.717, 1.165) is 23.8 Å². The molecule has 1 aromatic carbocycles. The predicted molar refractivity (Wildman–Crippen MR) is 78.0 cm³/mol. The fourth-order valence-corrected chi connectivity index (χ4v) is 2.14. The Morgan fingerprint density at radius 3 is 2.82 bits per heavy atom. The molecule has 0 aliphatic heterocycles. The number of hydrogen-bond acceptors (Lipinski definition) is 2. The van der Waals surface area contributed by atoms with Crippen molar-refractivity contribution in [2.75, 3.05) is 0 Å². The minimum atomic E-state index is -0.593.